The second-order valence-corrected chi connectivity index (χ2v) is 6.80. The van der Waals surface area contributed by atoms with Crippen LogP contribution in [0, 0.1) is 0 Å². The largest absolute Gasteiger partial charge is 0.372 e. The van der Waals surface area contributed by atoms with Crippen molar-refractivity contribution in [1.82, 2.24) is 9.80 Å². The van der Waals surface area contributed by atoms with Crippen molar-refractivity contribution in [3.8, 4) is 0 Å². The number of anilines is 1. The lowest BCUT2D eigenvalue weighted by Gasteiger charge is -2.38. The van der Waals surface area contributed by atoms with E-state index in [1.807, 2.05) is 38.1 Å². The van der Waals surface area contributed by atoms with Gasteiger partial charge in [-0.1, -0.05) is 12.1 Å². The summed E-state index contributed by atoms with van der Waals surface area (Å²) in [5.41, 5.74) is 1.67. The number of hydrogen-bond acceptors (Lipinski definition) is 4. The Labute approximate surface area is 146 Å². The van der Waals surface area contributed by atoms with Gasteiger partial charge in [-0.05, 0) is 26.0 Å². The number of fused-ring (bicyclic) bond motifs is 3. The zero-order chi connectivity index (χ0) is 17.6. The predicted molar refractivity (Wildman–Crippen MR) is 93.9 cm³/mol. The molecule has 3 aliphatic rings. The number of carbonyl (C=O) groups excluding carboxylic acids is 2. The van der Waals surface area contributed by atoms with E-state index in [1.165, 1.54) is 0 Å². The number of amidine groups is 1. The zero-order valence-electron chi connectivity index (χ0n) is 14.5. The molecule has 4 rings (SSSR count). The number of urea groups is 1. The average Bonchev–Trinajstić information content (AvgIpc) is 3.07. The summed E-state index contributed by atoms with van der Waals surface area (Å²) in [6.07, 6.45) is 0.0173. The Morgan fingerprint density at radius 3 is 2.72 bits per heavy atom. The molecule has 0 aliphatic carbocycles. The Balaban J connectivity index is 1.60. The molecule has 0 radical (unpaired) electrons. The van der Waals surface area contributed by atoms with E-state index in [1.54, 1.807) is 14.7 Å². The smallest absolute Gasteiger partial charge is 0.330 e. The monoisotopic (exact) mass is 342 g/mol. The fourth-order valence-corrected chi connectivity index (χ4v) is 3.78. The van der Waals surface area contributed by atoms with Crippen molar-refractivity contribution in [2.75, 3.05) is 37.6 Å². The van der Waals surface area contributed by atoms with Crippen LogP contribution >= 0.6 is 0 Å². The average molecular weight is 342 g/mol. The molecule has 1 saturated heterocycles. The Bertz CT molecular complexity index is 738. The lowest BCUT2D eigenvalue weighted by atomic mass is 10.1. The van der Waals surface area contributed by atoms with Gasteiger partial charge < -0.3 is 9.64 Å². The van der Waals surface area contributed by atoms with E-state index in [-0.39, 0.29) is 30.7 Å². The van der Waals surface area contributed by atoms with Crippen LogP contribution in [0.5, 0.6) is 0 Å². The van der Waals surface area contributed by atoms with Crippen LogP contribution in [-0.4, -0.2) is 72.5 Å². The maximum atomic E-state index is 12.9. The Hall–Kier alpha value is -2.41. The molecular formula is C18H22N4O3. The minimum Gasteiger partial charge on any atom is -0.372 e. The molecule has 1 fully saturated rings. The molecule has 0 spiro atoms. The third-order valence-corrected chi connectivity index (χ3v) is 4.80. The first-order chi connectivity index (χ1) is 12.0. The number of nitrogens with zero attached hydrogens (tertiary/aromatic N) is 4. The van der Waals surface area contributed by atoms with Crippen molar-refractivity contribution in [3.63, 3.8) is 0 Å². The second-order valence-electron chi connectivity index (χ2n) is 6.80. The lowest BCUT2D eigenvalue weighted by molar-refractivity contribution is -0.141. The van der Waals surface area contributed by atoms with Gasteiger partial charge in [0, 0.05) is 25.2 Å². The van der Waals surface area contributed by atoms with Gasteiger partial charge >= 0.3 is 6.03 Å². The minimum atomic E-state index is -0.169. The zero-order valence-corrected chi connectivity index (χ0v) is 14.5. The van der Waals surface area contributed by atoms with Crippen LogP contribution in [0.3, 0.4) is 0 Å². The molecule has 7 nitrogen and oxygen atoms in total. The summed E-state index contributed by atoms with van der Waals surface area (Å²) in [4.78, 5) is 35.2. The molecule has 3 amide bonds. The maximum absolute atomic E-state index is 12.9. The van der Waals surface area contributed by atoms with Crippen LogP contribution in [0.25, 0.3) is 0 Å². The molecule has 0 saturated carbocycles. The molecule has 7 heteroatoms. The number of para-hydroxylation sites is 1. The molecule has 1 aromatic carbocycles. The highest BCUT2D eigenvalue weighted by molar-refractivity contribution is 6.20. The van der Waals surface area contributed by atoms with Gasteiger partial charge in [0.05, 0.1) is 24.4 Å². The highest BCUT2D eigenvalue weighted by atomic mass is 16.5. The molecule has 0 N–H and O–H groups in total. The third-order valence-electron chi connectivity index (χ3n) is 4.80. The molecule has 25 heavy (non-hydrogen) atoms. The van der Waals surface area contributed by atoms with Crippen molar-refractivity contribution in [2.24, 2.45) is 4.99 Å². The van der Waals surface area contributed by atoms with Crippen molar-refractivity contribution in [1.29, 1.82) is 0 Å². The number of benzene rings is 1. The van der Waals surface area contributed by atoms with Gasteiger partial charge in [0.2, 0.25) is 5.91 Å². The molecule has 0 aromatic heterocycles. The molecule has 0 bridgehead atoms. The van der Waals surface area contributed by atoms with Gasteiger partial charge in [-0.15, -0.1) is 0 Å². The van der Waals surface area contributed by atoms with Gasteiger partial charge in [0.1, 0.15) is 12.4 Å². The van der Waals surface area contributed by atoms with E-state index >= 15 is 0 Å². The van der Waals surface area contributed by atoms with Crippen LogP contribution in [-0.2, 0) is 9.53 Å². The highest BCUT2D eigenvalue weighted by Gasteiger charge is 2.38. The van der Waals surface area contributed by atoms with E-state index in [2.05, 4.69) is 4.99 Å². The lowest BCUT2D eigenvalue weighted by Crippen LogP contribution is -2.55. The summed E-state index contributed by atoms with van der Waals surface area (Å²) < 4.78 is 5.69. The Kier molecular flexibility index (Phi) is 3.95. The topological polar surface area (TPSA) is 65.5 Å². The summed E-state index contributed by atoms with van der Waals surface area (Å²) in [6.45, 7) is 6.26. The Morgan fingerprint density at radius 1 is 1.24 bits per heavy atom. The van der Waals surface area contributed by atoms with Crippen LogP contribution in [0.2, 0.25) is 0 Å². The quantitative estimate of drug-likeness (QED) is 0.814. The first-order valence-electron chi connectivity index (χ1n) is 8.70. The maximum Gasteiger partial charge on any atom is 0.330 e. The summed E-state index contributed by atoms with van der Waals surface area (Å²) >= 11 is 0. The van der Waals surface area contributed by atoms with Crippen molar-refractivity contribution < 1.29 is 14.3 Å². The van der Waals surface area contributed by atoms with Crippen molar-refractivity contribution in [3.05, 3.63) is 29.8 Å². The normalized spacial score (nSPS) is 25.6. The van der Waals surface area contributed by atoms with Gasteiger partial charge in [0.15, 0.2) is 0 Å². The highest BCUT2D eigenvalue weighted by Crippen LogP contribution is 2.30. The Morgan fingerprint density at radius 2 is 1.96 bits per heavy atom. The fraction of sp³-hybridized carbons (Fsp3) is 0.500. The second kappa shape index (κ2) is 6.15. The summed E-state index contributed by atoms with van der Waals surface area (Å²) in [5.74, 6) is 0.669. The number of carbonyl (C=O) groups is 2. The van der Waals surface area contributed by atoms with Crippen LogP contribution in [0.1, 0.15) is 19.4 Å². The van der Waals surface area contributed by atoms with Crippen LogP contribution in [0.4, 0.5) is 10.5 Å². The minimum absolute atomic E-state index is 0.00867. The molecule has 3 aliphatic heterocycles. The number of hydrogen-bond donors (Lipinski definition) is 0. The number of morpholine rings is 1. The number of ether oxygens (including phenoxy) is 1. The van der Waals surface area contributed by atoms with Gasteiger partial charge in [-0.2, -0.15) is 0 Å². The first kappa shape index (κ1) is 16.1. The molecule has 2 unspecified atom stereocenters. The van der Waals surface area contributed by atoms with Gasteiger partial charge in [-0.3, -0.25) is 19.6 Å². The molecule has 1 aromatic rings. The van der Waals surface area contributed by atoms with Crippen molar-refractivity contribution >= 4 is 23.5 Å². The molecular weight excluding hydrogens is 320 g/mol. The van der Waals surface area contributed by atoms with Gasteiger partial charge in [0.25, 0.3) is 0 Å². The van der Waals surface area contributed by atoms with E-state index in [0.29, 0.717) is 26.2 Å². The standard InChI is InChI=1S/C18H22N4O3/c1-12-9-20(10-13(2)25-12)16(23)11-22-15-6-4-3-5-14(15)17-19-7-8-21(17)18(22)24/h3-6,12-13H,7-11H2,1-2H3. The fourth-order valence-electron chi connectivity index (χ4n) is 3.78. The number of aliphatic imine (C=N–C) groups is 1. The third kappa shape index (κ3) is 2.78. The van der Waals surface area contributed by atoms with Gasteiger partial charge in [-0.25, -0.2) is 4.79 Å². The van der Waals surface area contributed by atoms with E-state index in [0.717, 1.165) is 17.1 Å². The molecule has 132 valence electrons. The van der Waals surface area contributed by atoms with Crippen molar-refractivity contribution in [2.45, 2.75) is 26.1 Å². The van der Waals surface area contributed by atoms with Crippen LogP contribution < -0.4 is 4.90 Å². The van der Waals surface area contributed by atoms with E-state index in [9.17, 15) is 9.59 Å². The predicted octanol–water partition coefficient (Wildman–Crippen LogP) is 1.32. The summed E-state index contributed by atoms with van der Waals surface area (Å²) in [5, 5.41) is 0. The molecule has 2 atom stereocenters. The summed E-state index contributed by atoms with van der Waals surface area (Å²) in [7, 11) is 0. The first-order valence-corrected chi connectivity index (χ1v) is 8.70. The molecule has 3 heterocycles. The SMILES string of the molecule is CC1CN(C(=O)CN2C(=O)N3CCN=C3c3ccccc32)CC(C)O1. The van der Waals surface area contributed by atoms with E-state index < -0.39 is 0 Å². The number of amides is 3. The van der Waals surface area contributed by atoms with Crippen LogP contribution in [0.15, 0.2) is 29.3 Å². The van der Waals surface area contributed by atoms with E-state index in [4.69, 9.17) is 4.74 Å². The number of rotatable bonds is 2. The summed E-state index contributed by atoms with van der Waals surface area (Å²) in [6, 6.07) is 7.48.